The second-order valence-electron chi connectivity index (χ2n) is 10.4. The quantitative estimate of drug-likeness (QED) is 0.491. The SMILES string of the molecule is CS(=O)(=O)NCCCCCCS(=O)(=O)N1CCC[C@H]2CN3CCc4cc5c(cc4[C@@H]3C[C@H]21)OCO5. The van der Waals surface area contributed by atoms with E-state index in [1.807, 2.05) is 4.31 Å². The van der Waals surface area contributed by atoms with Crippen LogP contribution in [0.15, 0.2) is 12.1 Å². The Morgan fingerprint density at radius 1 is 1.03 bits per heavy atom. The zero-order chi connectivity index (χ0) is 24.6. The van der Waals surface area contributed by atoms with Gasteiger partial charge in [0.1, 0.15) is 0 Å². The molecule has 3 atom stereocenters. The van der Waals surface area contributed by atoms with E-state index in [0.717, 1.165) is 75.8 Å². The van der Waals surface area contributed by atoms with Gasteiger partial charge in [0, 0.05) is 38.3 Å². The Labute approximate surface area is 209 Å². The van der Waals surface area contributed by atoms with Crippen LogP contribution in [0.4, 0.5) is 0 Å². The lowest BCUT2D eigenvalue weighted by Crippen LogP contribution is -2.57. The van der Waals surface area contributed by atoms with Gasteiger partial charge >= 0.3 is 0 Å². The molecule has 0 saturated carbocycles. The first-order valence-electron chi connectivity index (χ1n) is 12.8. The Hall–Kier alpha value is -1.40. The van der Waals surface area contributed by atoms with Gasteiger partial charge in [-0.2, -0.15) is 4.31 Å². The summed E-state index contributed by atoms with van der Waals surface area (Å²) in [5.41, 5.74) is 2.56. The molecule has 4 aliphatic rings. The molecule has 0 unspecified atom stereocenters. The molecular weight excluding hydrogens is 490 g/mol. The van der Waals surface area contributed by atoms with E-state index in [1.54, 1.807) is 0 Å². The smallest absolute Gasteiger partial charge is 0.231 e. The number of rotatable bonds is 9. The minimum absolute atomic E-state index is 0.0466. The van der Waals surface area contributed by atoms with Gasteiger partial charge in [-0.15, -0.1) is 0 Å². The highest BCUT2D eigenvalue weighted by Gasteiger charge is 2.46. The molecule has 4 heterocycles. The lowest BCUT2D eigenvalue weighted by molar-refractivity contribution is 0.0219. The van der Waals surface area contributed by atoms with Gasteiger partial charge in [-0.25, -0.2) is 21.6 Å². The van der Waals surface area contributed by atoms with Gasteiger partial charge in [0.2, 0.25) is 26.8 Å². The molecule has 0 bridgehead atoms. The third-order valence-electron chi connectivity index (χ3n) is 7.95. The maximum atomic E-state index is 13.4. The predicted octanol–water partition coefficient (Wildman–Crippen LogP) is 2.24. The fourth-order valence-corrected chi connectivity index (χ4v) is 8.67. The molecule has 1 N–H and O–H groups in total. The van der Waals surface area contributed by atoms with Crippen molar-refractivity contribution >= 4 is 20.0 Å². The molecule has 0 spiro atoms. The Morgan fingerprint density at radius 3 is 2.60 bits per heavy atom. The van der Waals surface area contributed by atoms with Crippen LogP contribution >= 0.6 is 0 Å². The van der Waals surface area contributed by atoms with Gasteiger partial charge in [0.15, 0.2) is 11.5 Å². The van der Waals surface area contributed by atoms with Gasteiger partial charge in [0.05, 0.1) is 12.0 Å². The number of nitrogens with one attached hydrogen (secondary N) is 1. The Morgan fingerprint density at radius 2 is 1.80 bits per heavy atom. The van der Waals surface area contributed by atoms with Crippen molar-refractivity contribution in [2.75, 3.05) is 45.0 Å². The lowest BCUT2D eigenvalue weighted by atomic mass is 9.77. The average Bonchev–Trinajstić information content (AvgIpc) is 3.27. The molecule has 1 aromatic rings. The standard InChI is InChI=1S/C24H37N3O6S2/c1-34(28,29)25-9-4-2-3-5-12-35(30,31)27-10-6-7-19-16-26-11-8-18-13-23-24(33-17-32-23)14-20(18)22(26)15-21(19)27/h13-14,19,21-22,25H,2-12,15-17H2,1H3/t19-,21+,22-/m0/s1. The molecule has 5 rings (SSSR count). The van der Waals surface area contributed by atoms with E-state index in [2.05, 4.69) is 21.8 Å². The van der Waals surface area contributed by atoms with E-state index in [1.165, 1.54) is 11.1 Å². The minimum Gasteiger partial charge on any atom is -0.454 e. The van der Waals surface area contributed by atoms with Crippen molar-refractivity contribution in [3.63, 3.8) is 0 Å². The number of ether oxygens (including phenoxy) is 2. The monoisotopic (exact) mass is 527 g/mol. The normalized spacial score (nSPS) is 26.7. The van der Waals surface area contributed by atoms with Crippen LogP contribution < -0.4 is 14.2 Å². The van der Waals surface area contributed by atoms with Crippen LogP contribution in [0.3, 0.4) is 0 Å². The van der Waals surface area contributed by atoms with Crippen molar-refractivity contribution in [1.82, 2.24) is 13.9 Å². The fraction of sp³-hybridized carbons (Fsp3) is 0.750. The van der Waals surface area contributed by atoms with Crippen LogP contribution in [-0.4, -0.2) is 77.1 Å². The molecule has 2 fully saturated rings. The zero-order valence-electron chi connectivity index (χ0n) is 20.4. The highest BCUT2D eigenvalue weighted by Crippen LogP contribution is 2.46. The second kappa shape index (κ2) is 10.2. The van der Waals surface area contributed by atoms with Crippen LogP contribution in [0.5, 0.6) is 11.5 Å². The minimum atomic E-state index is -3.34. The van der Waals surface area contributed by atoms with E-state index < -0.39 is 20.0 Å². The summed E-state index contributed by atoms with van der Waals surface area (Å²) >= 11 is 0. The summed E-state index contributed by atoms with van der Waals surface area (Å²) in [7, 11) is -6.50. The van der Waals surface area contributed by atoms with Crippen molar-refractivity contribution in [1.29, 1.82) is 0 Å². The largest absolute Gasteiger partial charge is 0.454 e. The van der Waals surface area contributed by atoms with Crippen LogP contribution in [0.25, 0.3) is 0 Å². The number of fused-ring (bicyclic) bond motifs is 5. The van der Waals surface area contributed by atoms with Gasteiger partial charge in [-0.3, -0.25) is 4.90 Å². The predicted molar refractivity (Wildman–Crippen MR) is 134 cm³/mol. The molecule has 2 saturated heterocycles. The number of unbranched alkanes of at least 4 members (excludes halogenated alkanes) is 3. The van der Waals surface area contributed by atoms with Crippen molar-refractivity contribution in [3.8, 4) is 11.5 Å². The third kappa shape index (κ3) is 5.64. The summed E-state index contributed by atoms with van der Waals surface area (Å²) in [6.07, 6.45) is 7.89. The lowest BCUT2D eigenvalue weighted by Gasteiger charge is -2.51. The number of benzene rings is 1. The summed E-state index contributed by atoms with van der Waals surface area (Å²) in [4.78, 5) is 2.55. The van der Waals surface area contributed by atoms with E-state index in [4.69, 9.17) is 9.47 Å². The van der Waals surface area contributed by atoms with Crippen LogP contribution in [0.1, 0.15) is 62.1 Å². The van der Waals surface area contributed by atoms with Crippen LogP contribution in [0, 0.1) is 5.92 Å². The number of piperidine rings is 2. The summed E-state index contributed by atoms with van der Waals surface area (Å²) < 4.78 is 64.6. The highest BCUT2D eigenvalue weighted by molar-refractivity contribution is 7.89. The molecule has 0 aromatic heterocycles. The molecule has 11 heteroatoms. The van der Waals surface area contributed by atoms with Crippen molar-refractivity contribution in [2.24, 2.45) is 5.92 Å². The molecule has 9 nitrogen and oxygen atoms in total. The topological polar surface area (TPSA) is 105 Å². The molecule has 1 aromatic carbocycles. The maximum Gasteiger partial charge on any atom is 0.231 e. The van der Waals surface area contributed by atoms with Crippen molar-refractivity contribution in [3.05, 3.63) is 23.3 Å². The highest BCUT2D eigenvalue weighted by atomic mass is 32.2. The molecular formula is C24H37N3O6S2. The number of sulfonamides is 2. The van der Waals surface area contributed by atoms with Gasteiger partial charge in [-0.1, -0.05) is 12.8 Å². The maximum absolute atomic E-state index is 13.4. The van der Waals surface area contributed by atoms with Gasteiger partial charge < -0.3 is 9.47 Å². The zero-order valence-corrected chi connectivity index (χ0v) is 22.1. The molecule has 196 valence electrons. The molecule has 4 aliphatic heterocycles. The van der Waals surface area contributed by atoms with E-state index in [-0.39, 0.29) is 24.6 Å². The Kier molecular flexibility index (Phi) is 7.33. The summed E-state index contributed by atoms with van der Waals surface area (Å²) in [6, 6.07) is 4.50. The number of hydrogen-bond donors (Lipinski definition) is 1. The first-order valence-corrected chi connectivity index (χ1v) is 16.3. The average molecular weight is 528 g/mol. The van der Waals surface area contributed by atoms with Gasteiger partial charge in [0.25, 0.3) is 0 Å². The third-order valence-corrected chi connectivity index (χ3v) is 10.7. The first-order chi connectivity index (χ1) is 16.7. The second-order valence-corrected chi connectivity index (χ2v) is 14.3. The first kappa shape index (κ1) is 25.3. The Balaban J connectivity index is 1.22. The summed E-state index contributed by atoms with van der Waals surface area (Å²) in [6.45, 7) is 3.23. The van der Waals surface area contributed by atoms with E-state index >= 15 is 0 Å². The van der Waals surface area contributed by atoms with Crippen molar-refractivity contribution in [2.45, 2.75) is 63.5 Å². The van der Waals surface area contributed by atoms with E-state index in [0.29, 0.717) is 25.4 Å². The molecule has 0 aliphatic carbocycles. The number of nitrogens with zero attached hydrogens (tertiary/aromatic N) is 2. The molecule has 0 radical (unpaired) electrons. The van der Waals surface area contributed by atoms with Gasteiger partial charge in [-0.05, 0) is 67.7 Å². The van der Waals surface area contributed by atoms with E-state index in [9.17, 15) is 16.8 Å². The number of hydrogen-bond acceptors (Lipinski definition) is 7. The molecule has 35 heavy (non-hydrogen) atoms. The van der Waals surface area contributed by atoms with Crippen molar-refractivity contribution < 1.29 is 26.3 Å². The summed E-state index contributed by atoms with van der Waals surface area (Å²) in [5, 5.41) is 0. The van der Waals surface area contributed by atoms with Crippen LogP contribution in [0.2, 0.25) is 0 Å². The van der Waals surface area contributed by atoms with Crippen LogP contribution in [-0.2, 0) is 26.5 Å². The summed E-state index contributed by atoms with van der Waals surface area (Å²) in [5.74, 6) is 2.17. The fourth-order valence-electron chi connectivity index (χ4n) is 6.28. The molecule has 0 amide bonds. The Bertz CT molecular complexity index is 1140.